The summed E-state index contributed by atoms with van der Waals surface area (Å²) < 4.78 is 5.20. The fraction of sp³-hybridized carbons (Fsp3) is 0.455. The van der Waals surface area contributed by atoms with Crippen molar-refractivity contribution in [2.75, 3.05) is 57.3 Å². The van der Waals surface area contributed by atoms with Gasteiger partial charge in [0.1, 0.15) is 0 Å². The molecule has 7 nitrogen and oxygen atoms in total. The van der Waals surface area contributed by atoms with Crippen LogP contribution in [0.1, 0.15) is 21.7 Å². The highest BCUT2D eigenvalue weighted by molar-refractivity contribution is 5.91. The number of benzene rings is 1. The fourth-order valence-electron chi connectivity index (χ4n) is 4.07. The molecule has 1 aromatic carbocycles. The van der Waals surface area contributed by atoms with Gasteiger partial charge < -0.3 is 24.0 Å². The van der Waals surface area contributed by atoms with Gasteiger partial charge in [-0.1, -0.05) is 12.1 Å². The van der Waals surface area contributed by atoms with Crippen molar-refractivity contribution in [3.05, 3.63) is 53.5 Å². The third kappa shape index (κ3) is 3.95. The van der Waals surface area contributed by atoms with E-state index in [1.165, 1.54) is 23.1 Å². The molecule has 3 amide bonds. The number of anilines is 1. The SMILES string of the molecule is Cc1cccc(N2CCN(C(=O)N3CCN(C(=O)c4ccco4)CC3)CC2)c1C. The Hall–Kier alpha value is -2.96. The third-order valence-corrected chi connectivity index (χ3v) is 6.04. The number of nitrogens with zero attached hydrogens (tertiary/aromatic N) is 4. The predicted molar refractivity (Wildman–Crippen MR) is 111 cm³/mol. The Kier molecular flexibility index (Phi) is 5.47. The Bertz CT molecular complexity index is 864. The summed E-state index contributed by atoms with van der Waals surface area (Å²) in [5.41, 5.74) is 3.87. The topological polar surface area (TPSA) is 60.2 Å². The van der Waals surface area contributed by atoms with Gasteiger partial charge in [0.15, 0.2) is 5.76 Å². The summed E-state index contributed by atoms with van der Waals surface area (Å²) in [5, 5.41) is 0. The molecule has 1 aromatic heterocycles. The highest BCUT2D eigenvalue weighted by Gasteiger charge is 2.30. The summed E-state index contributed by atoms with van der Waals surface area (Å²) >= 11 is 0. The summed E-state index contributed by atoms with van der Waals surface area (Å²) in [4.78, 5) is 33.2. The average Bonchev–Trinajstić information content (AvgIpc) is 3.30. The van der Waals surface area contributed by atoms with Crippen LogP contribution in [0.5, 0.6) is 0 Å². The van der Waals surface area contributed by atoms with Gasteiger partial charge in [0.05, 0.1) is 6.26 Å². The summed E-state index contributed by atoms with van der Waals surface area (Å²) in [6.45, 7) is 9.60. The Morgan fingerprint density at radius 1 is 0.793 bits per heavy atom. The van der Waals surface area contributed by atoms with E-state index in [-0.39, 0.29) is 11.9 Å². The first-order valence-electron chi connectivity index (χ1n) is 10.2. The zero-order valence-corrected chi connectivity index (χ0v) is 17.1. The number of hydrogen-bond acceptors (Lipinski definition) is 4. The van der Waals surface area contributed by atoms with Crippen LogP contribution in [-0.4, -0.2) is 79.0 Å². The maximum absolute atomic E-state index is 12.9. The Morgan fingerprint density at radius 2 is 1.41 bits per heavy atom. The van der Waals surface area contributed by atoms with Gasteiger partial charge in [-0.25, -0.2) is 4.79 Å². The molecule has 7 heteroatoms. The first-order valence-corrected chi connectivity index (χ1v) is 10.2. The molecule has 2 aromatic rings. The van der Waals surface area contributed by atoms with E-state index in [9.17, 15) is 9.59 Å². The molecule has 0 bridgehead atoms. The Morgan fingerprint density at radius 3 is 2.03 bits per heavy atom. The maximum atomic E-state index is 12.9. The number of carbonyl (C=O) groups excluding carboxylic acids is 2. The summed E-state index contributed by atoms with van der Waals surface area (Å²) in [6, 6.07) is 9.86. The molecule has 2 aliphatic heterocycles. The summed E-state index contributed by atoms with van der Waals surface area (Å²) in [6.07, 6.45) is 1.50. The molecule has 0 spiro atoms. The van der Waals surface area contributed by atoms with E-state index >= 15 is 0 Å². The normalized spacial score (nSPS) is 17.6. The van der Waals surface area contributed by atoms with E-state index in [0.29, 0.717) is 31.9 Å². The van der Waals surface area contributed by atoms with Crippen LogP contribution in [0.3, 0.4) is 0 Å². The van der Waals surface area contributed by atoms with Gasteiger partial charge in [-0.3, -0.25) is 4.79 Å². The molecular weight excluding hydrogens is 368 g/mol. The van der Waals surface area contributed by atoms with Crippen molar-refractivity contribution >= 4 is 17.6 Å². The Balaban J connectivity index is 1.29. The second-order valence-electron chi connectivity index (χ2n) is 7.73. The molecule has 0 unspecified atom stereocenters. The van der Waals surface area contributed by atoms with Gasteiger partial charge in [-0.2, -0.15) is 0 Å². The summed E-state index contributed by atoms with van der Waals surface area (Å²) in [7, 11) is 0. The largest absolute Gasteiger partial charge is 0.459 e. The lowest BCUT2D eigenvalue weighted by molar-refractivity contribution is 0.0608. The van der Waals surface area contributed by atoms with E-state index in [4.69, 9.17) is 4.42 Å². The molecule has 0 atom stereocenters. The number of hydrogen-bond donors (Lipinski definition) is 0. The first kappa shape index (κ1) is 19.4. The number of urea groups is 1. The van der Waals surface area contributed by atoms with Crippen LogP contribution in [0.25, 0.3) is 0 Å². The van der Waals surface area contributed by atoms with Gasteiger partial charge in [0, 0.05) is 58.0 Å². The van der Waals surface area contributed by atoms with Crippen molar-refractivity contribution < 1.29 is 14.0 Å². The molecule has 2 saturated heterocycles. The monoisotopic (exact) mass is 396 g/mol. The molecule has 0 N–H and O–H groups in total. The molecule has 4 rings (SSSR count). The molecule has 0 radical (unpaired) electrons. The Labute approximate surface area is 171 Å². The number of amides is 3. The number of aryl methyl sites for hydroxylation is 1. The standard InChI is InChI=1S/C22H28N4O3/c1-17-5-3-6-19(18(17)2)23-8-12-25(13-9-23)22(28)26-14-10-24(11-15-26)21(27)20-7-4-16-29-20/h3-7,16H,8-15H2,1-2H3. The maximum Gasteiger partial charge on any atom is 0.320 e. The average molecular weight is 396 g/mol. The lowest BCUT2D eigenvalue weighted by atomic mass is 10.1. The molecular formula is C22H28N4O3. The summed E-state index contributed by atoms with van der Waals surface area (Å²) in [5.74, 6) is 0.247. The number of rotatable bonds is 2. The van der Waals surface area contributed by atoms with E-state index in [1.807, 2.05) is 9.80 Å². The van der Waals surface area contributed by atoms with Crippen LogP contribution in [-0.2, 0) is 0 Å². The minimum Gasteiger partial charge on any atom is -0.459 e. The van der Waals surface area contributed by atoms with Crippen LogP contribution >= 0.6 is 0 Å². The van der Waals surface area contributed by atoms with E-state index < -0.39 is 0 Å². The van der Waals surface area contributed by atoms with Crippen molar-refractivity contribution in [1.29, 1.82) is 0 Å². The number of carbonyl (C=O) groups is 2. The fourth-order valence-corrected chi connectivity index (χ4v) is 4.07. The molecule has 29 heavy (non-hydrogen) atoms. The first-order chi connectivity index (χ1) is 14.0. The molecule has 3 heterocycles. The van der Waals surface area contributed by atoms with Gasteiger partial charge >= 0.3 is 6.03 Å². The van der Waals surface area contributed by atoms with E-state index in [2.05, 4.69) is 36.9 Å². The molecule has 154 valence electrons. The quantitative estimate of drug-likeness (QED) is 0.783. The second-order valence-corrected chi connectivity index (χ2v) is 7.73. The van der Waals surface area contributed by atoms with Gasteiger partial charge in [-0.05, 0) is 43.2 Å². The molecule has 0 saturated carbocycles. The molecule has 0 aliphatic carbocycles. The van der Waals surface area contributed by atoms with Crippen LogP contribution in [0.15, 0.2) is 41.0 Å². The van der Waals surface area contributed by atoms with Crippen LogP contribution in [0.4, 0.5) is 10.5 Å². The lowest BCUT2D eigenvalue weighted by Gasteiger charge is -2.41. The smallest absolute Gasteiger partial charge is 0.320 e. The highest BCUT2D eigenvalue weighted by atomic mass is 16.3. The third-order valence-electron chi connectivity index (χ3n) is 6.04. The zero-order chi connectivity index (χ0) is 20.4. The lowest BCUT2D eigenvalue weighted by Crippen LogP contribution is -2.57. The second kappa shape index (κ2) is 8.19. The molecule has 2 fully saturated rings. The van der Waals surface area contributed by atoms with Gasteiger partial charge in [0.25, 0.3) is 5.91 Å². The van der Waals surface area contributed by atoms with E-state index in [1.54, 1.807) is 17.0 Å². The molecule has 2 aliphatic rings. The van der Waals surface area contributed by atoms with Crippen molar-refractivity contribution in [3.8, 4) is 0 Å². The predicted octanol–water partition coefficient (Wildman–Crippen LogP) is 2.60. The number of piperazine rings is 2. The van der Waals surface area contributed by atoms with Gasteiger partial charge in [0.2, 0.25) is 0 Å². The van der Waals surface area contributed by atoms with Crippen molar-refractivity contribution in [2.24, 2.45) is 0 Å². The van der Waals surface area contributed by atoms with Crippen molar-refractivity contribution in [3.63, 3.8) is 0 Å². The zero-order valence-electron chi connectivity index (χ0n) is 17.1. The van der Waals surface area contributed by atoms with Crippen molar-refractivity contribution in [2.45, 2.75) is 13.8 Å². The number of furan rings is 1. The van der Waals surface area contributed by atoms with Crippen molar-refractivity contribution in [1.82, 2.24) is 14.7 Å². The highest BCUT2D eigenvalue weighted by Crippen LogP contribution is 2.24. The van der Waals surface area contributed by atoms with Crippen LogP contribution in [0.2, 0.25) is 0 Å². The minimum absolute atomic E-state index is 0.0794. The van der Waals surface area contributed by atoms with Crippen LogP contribution < -0.4 is 4.90 Å². The minimum atomic E-state index is -0.107. The van der Waals surface area contributed by atoms with Gasteiger partial charge in [-0.15, -0.1) is 0 Å². The van der Waals surface area contributed by atoms with Crippen LogP contribution in [0, 0.1) is 13.8 Å². The van der Waals surface area contributed by atoms with E-state index in [0.717, 1.165) is 26.2 Å².